The minimum atomic E-state index is -0.336. The first-order chi connectivity index (χ1) is 11.2. The number of nitrogens with one attached hydrogen (secondary N) is 2. The van der Waals surface area contributed by atoms with Crippen molar-refractivity contribution < 1.29 is 4.92 Å². The summed E-state index contributed by atoms with van der Waals surface area (Å²) in [5.41, 5.74) is 1.49. The molecule has 122 valence electrons. The summed E-state index contributed by atoms with van der Waals surface area (Å²) in [6.07, 6.45) is 1.77. The van der Waals surface area contributed by atoms with Crippen LogP contribution in [0, 0.1) is 10.1 Å². The average Bonchev–Trinajstić information content (AvgIpc) is 3.08. The number of hydrogen-bond donors (Lipinski definition) is 2. The lowest BCUT2D eigenvalue weighted by Crippen LogP contribution is -2.46. The molecule has 1 fully saturated rings. The van der Waals surface area contributed by atoms with E-state index in [4.69, 9.17) is 0 Å². The lowest BCUT2D eigenvalue weighted by atomic mass is 10.2. The van der Waals surface area contributed by atoms with Crippen LogP contribution < -0.4 is 10.2 Å². The van der Waals surface area contributed by atoms with Crippen molar-refractivity contribution in [2.45, 2.75) is 6.92 Å². The number of likely N-dealkylation sites (N-methyl/N-ethyl adjacent to an activating group) is 1. The minimum absolute atomic E-state index is 0.0926. The van der Waals surface area contributed by atoms with E-state index in [0.29, 0.717) is 5.69 Å². The van der Waals surface area contributed by atoms with Gasteiger partial charge in [-0.1, -0.05) is 6.92 Å². The second-order valence-electron chi connectivity index (χ2n) is 5.59. The van der Waals surface area contributed by atoms with E-state index in [1.807, 2.05) is 18.2 Å². The molecule has 0 bridgehead atoms. The summed E-state index contributed by atoms with van der Waals surface area (Å²) in [5.74, 6) is 0.734. The Hall–Kier alpha value is -2.54. The number of aromatic amines is 1. The van der Waals surface area contributed by atoms with Crippen molar-refractivity contribution in [3.63, 3.8) is 0 Å². The van der Waals surface area contributed by atoms with E-state index >= 15 is 0 Å². The maximum atomic E-state index is 11.4. The highest BCUT2D eigenvalue weighted by Gasteiger charge is 2.20. The second kappa shape index (κ2) is 6.70. The first kappa shape index (κ1) is 15.4. The van der Waals surface area contributed by atoms with Crippen molar-refractivity contribution in [2.75, 3.05) is 42.9 Å². The van der Waals surface area contributed by atoms with Crippen LogP contribution in [0.15, 0.2) is 36.5 Å². The van der Waals surface area contributed by atoms with E-state index in [2.05, 4.69) is 27.0 Å². The van der Waals surface area contributed by atoms with Gasteiger partial charge in [0.1, 0.15) is 11.5 Å². The summed E-state index contributed by atoms with van der Waals surface area (Å²) in [6, 6.07) is 9.06. The van der Waals surface area contributed by atoms with Crippen LogP contribution in [0.4, 0.5) is 22.9 Å². The van der Waals surface area contributed by atoms with E-state index in [1.165, 1.54) is 0 Å². The Kier molecular flexibility index (Phi) is 4.47. The van der Waals surface area contributed by atoms with Crippen LogP contribution in [0.5, 0.6) is 0 Å². The molecule has 0 saturated carbocycles. The molecule has 7 heteroatoms. The van der Waals surface area contributed by atoms with Crippen LogP contribution >= 0.6 is 0 Å². The molecule has 1 aromatic heterocycles. The van der Waals surface area contributed by atoms with Gasteiger partial charge in [0.15, 0.2) is 0 Å². The molecule has 0 amide bonds. The third-order valence-corrected chi connectivity index (χ3v) is 4.23. The third-order valence-electron chi connectivity index (χ3n) is 4.23. The first-order valence-electron chi connectivity index (χ1n) is 7.83. The quantitative estimate of drug-likeness (QED) is 0.655. The van der Waals surface area contributed by atoms with Crippen molar-refractivity contribution in [3.8, 4) is 0 Å². The van der Waals surface area contributed by atoms with Crippen LogP contribution in [-0.2, 0) is 0 Å². The van der Waals surface area contributed by atoms with Crippen molar-refractivity contribution in [2.24, 2.45) is 0 Å². The molecule has 0 spiro atoms. The maximum absolute atomic E-state index is 11.4. The number of anilines is 3. The molecule has 2 N–H and O–H groups in total. The second-order valence-corrected chi connectivity index (χ2v) is 5.59. The van der Waals surface area contributed by atoms with Crippen LogP contribution in [0.25, 0.3) is 0 Å². The minimum Gasteiger partial charge on any atom is -0.369 e. The molecule has 1 aromatic carbocycles. The van der Waals surface area contributed by atoms with Gasteiger partial charge in [-0.25, -0.2) is 0 Å². The zero-order valence-corrected chi connectivity index (χ0v) is 13.2. The number of hydrogen-bond acceptors (Lipinski definition) is 5. The van der Waals surface area contributed by atoms with Crippen molar-refractivity contribution in [1.82, 2.24) is 9.88 Å². The van der Waals surface area contributed by atoms with Crippen molar-refractivity contribution >= 4 is 22.9 Å². The molecule has 1 saturated heterocycles. The van der Waals surface area contributed by atoms with E-state index in [1.54, 1.807) is 18.3 Å². The van der Waals surface area contributed by atoms with Gasteiger partial charge in [0.25, 0.3) is 5.69 Å². The molecule has 1 aliphatic heterocycles. The number of piperazine rings is 1. The van der Waals surface area contributed by atoms with Gasteiger partial charge in [0.05, 0.1) is 4.92 Å². The highest BCUT2D eigenvalue weighted by molar-refractivity contribution is 5.72. The molecule has 23 heavy (non-hydrogen) atoms. The van der Waals surface area contributed by atoms with Gasteiger partial charge < -0.3 is 20.1 Å². The molecule has 2 heterocycles. The lowest BCUT2D eigenvalue weighted by molar-refractivity contribution is -0.383. The van der Waals surface area contributed by atoms with Gasteiger partial charge in [0, 0.05) is 44.1 Å². The fraction of sp³-hybridized carbons (Fsp3) is 0.375. The Bertz CT molecular complexity index is 663. The summed E-state index contributed by atoms with van der Waals surface area (Å²) in [5, 5.41) is 14.5. The molecular weight excluding hydrogens is 294 g/mol. The Labute approximate surface area is 135 Å². The van der Waals surface area contributed by atoms with Crippen LogP contribution in [-0.4, -0.2) is 47.5 Å². The zero-order valence-electron chi connectivity index (χ0n) is 13.2. The molecule has 0 unspecified atom stereocenters. The number of aromatic nitrogens is 1. The molecule has 7 nitrogen and oxygen atoms in total. The fourth-order valence-electron chi connectivity index (χ4n) is 2.85. The number of nitrogens with zero attached hydrogens (tertiary/aromatic N) is 3. The largest absolute Gasteiger partial charge is 0.369 e. The monoisotopic (exact) mass is 315 g/mol. The molecule has 1 aliphatic rings. The summed E-state index contributed by atoms with van der Waals surface area (Å²) in [6.45, 7) is 6.98. The van der Waals surface area contributed by atoms with Gasteiger partial charge in [-0.3, -0.25) is 10.1 Å². The normalized spacial score (nSPS) is 15.6. The molecule has 0 radical (unpaired) electrons. The summed E-state index contributed by atoms with van der Waals surface area (Å²) < 4.78 is 0. The Morgan fingerprint density at radius 1 is 1.26 bits per heavy atom. The number of rotatable bonds is 5. The van der Waals surface area contributed by atoms with E-state index in [9.17, 15) is 10.1 Å². The number of nitro benzene ring substituents is 1. The smallest absolute Gasteiger partial charge is 0.294 e. The fourth-order valence-corrected chi connectivity index (χ4v) is 2.85. The Balaban J connectivity index is 1.80. The Morgan fingerprint density at radius 2 is 2.04 bits per heavy atom. The van der Waals surface area contributed by atoms with Crippen molar-refractivity contribution in [3.05, 3.63) is 46.6 Å². The third kappa shape index (κ3) is 3.45. The first-order valence-corrected chi connectivity index (χ1v) is 7.83. The summed E-state index contributed by atoms with van der Waals surface area (Å²) in [7, 11) is 0. The summed E-state index contributed by atoms with van der Waals surface area (Å²) in [4.78, 5) is 18.7. The Morgan fingerprint density at radius 3 is 2.65 bits per heavy atom. The predicted molar refractivity (Wildman–Crippen MR) is 91.5 cm³/mol. The van der Waals surface area contributed by atoms with E-state index < -0.39 is 0 Å². The highest BCUT2D eigenvalue weighted by atomic mass is 16.6. The topological polar surface area (TPSA) is 77.4 Å². The zero-order chi connectivity index (χ0) is 16.2. The van der Waals surface area contributed by atoms with Crippen LogP contribution in [0.2, 0.25) is 0 Å². The number of H-pyrrole nitrogens is 1. The van der Waals surface area contributed by atoms with Gasteiger partial charge in [-0.15, -0.1) is 0 Å². The number of nitro groups is 1. The maximum Gasteiger partial charge on any atom is 0.294 e. The van der Waals surface area contributed by atoms with Gasteiger partial charge in [-0.2, -0.15) is 0 Å². The lowest BCUT2D eigenvalue weighted by Gasteiger charge is -2.35. The predicted octanol–water partition coefficient (Wildman–Crippen LogP) is 2.81. The molecule has 0 atom stereocenters. The molecule has 3 rings (SSSR count). The summed E-state index contributed by atoms with van der Waals surface area (Å²) >= 11 is 0. The van der Waals surface area contributed by atoms with Crippen LogP contribution in [0.1, 0.15) is 6.92 Å². The standard InChI is InChI=1S/C16H21N5O2/c1-2-19-8-10-20(11-9-19)13-5-6-14(15(12-13)21(22)23)18-16-4-3-7-17-16/h3-7,12,17-18H,2,8-11H2,1H3. The van der Waals surface area contributed by atoms with Gasteiger partial charge in [-0.05, 0) is 30.8 Å². The van der Waals surface area contributed by atoms with Crippen molar-refractivity contribution in [1.29, 1.82) is 0 Å². The SMILES string of the molecule is CCN1CCN(c2ccc(Nc3ccc[nH]3)c([N+](=O)[O-])c2)CC1. The molecule has 0 aliphatic carbocycles. The number of benzene rings is 1. The molecular formula is C16H21N5O2. The van der Waals surface area contributed by atoms with Crippen LogP contribution in [0.3, 0.4) is 0 Å². The molecule has 2 aromatic rings. The van der Waals surface area contributed by atoms with Gasteiger partial charge >= 0.3 is 0 Å². The average molecular weight is 315 g/mol. The van der Waals surface area contributed by atoms with E-state index in [0.717, 1.165) is 44.2 Å². The van der Waals surface area contributed by atoms with E-state index in [-0.39, 0.29) is 10.6 Å². The van der Waals surface area contributed by atoms with Gasteiger partial charge in [0.2, 0.25) is 0 Å². The highest BCUT2D eigenvalue weighted by Crippen LogP contribution is 2.32.